The summed E-state index contributed by atoms with van der Waals surface area (Å²) in [5.74, 6) is -0.799. The Kier molecular flexibility index (Phi) is 4.90. The number of carboxylic acids is 1. The van der Waals surface area contributed by atoms with Crippen molar-refractivity contribution in [3.63, 3.8) is 0 Å². The number of aromatic nitrogens is 1. The van der Waals surface area contributed by atoms with Crippen molar-refractivity contribution in [2.45, 2.75) is 45.1 Å². The molecule has 1 aliphatic heterocycles. The molecule has 1 aromatic heterocycles. The van der Waals surface area contributed by atoms with Gasteiger partial charge in [-0.05, 0) is 48.9 Å². The Hall–Kier alpha value is -1.88. The zero-order valence-corrected chi connectivity index (χ0v) is 15.2. The van der Waals surface area contributed by atoms with Gasteiger partial charge in [0.05, 0.1) is 5.56 Å². The van der Waals surface area contributed by atoms with Crippen molar-refractivity contribution in [1.82, 2.24) is 4.57 Å². The van der Waals surface area contributed by atoms with Crippen LogP contribution in [0.4, 0.5) is 0 Å². The summed E-state index contributed by atoms with van der Waals surface area (Å²) in [6, 6.07) is 9.34. The molecular formula is C19H20BrNO3. The number of benzene rings is 1. The number of carboxylic acid groups (broad SMARTS) is 1. The van der Waals surface area contributed by atoms with Gasteiger partial charge in [-0.15, -0.1) is 0 Å². The van der Waals surface area contributed by atoms with E-state index in [1.54, 1.807) is 10.6 Å². The number of rotatable bonds is 4. The van der Waals surface area contributed by atoms with E-state index in [4.69, 9.17) is 0 Å². The third-order valence-corrected chi connectivity index (χ3v) is 5.23. The highest BCUT2D eigenvalue weighted by Crippen LogP contribution is 2.32. The molecule has 1 aromatic carbocycles. The first-order valence-electron chi connectivity index (χ1n) is 8.25. The SMILES string of the molecule is CCC1CCCn2c1c(C(=O)O)cc(Cc1cccc(Br)c1)c2=O. The van der Waals surface area contributed by atoms with Gasteiger partial charge in [0.25, 0.3) is 5.56 Å². The average molecular weight is 390 g/mol. The van der Waals surface area contributed by atoms with Crippen LogP contribution in [0.25, 0.3) is 0 Å². The summed E-state index contributed by atoms with van der Waals surface area (Å²) in [6.07, 6.45) is 3.16. The third kappa shape index (κ3) is 3.18. The number of pyridine rings is 1. The molecule has 4 nitrogen and oxygen atoms in total. The van der Waals surface area contributed by atoms with Crippen LogP contribution in [-0.4, -0.2) is 15.6 Å². The second-order valence-electron chi connectivity index (χ2n) is 6.28. The van der Waals surface area contributed by atoms with Gasteiger partial charge in [-0.1, -0.05) is 35.0 Å². The maximum atomic E-state index is 12.9. The van der Waals surface area contributed by atoms with Crippen molar-refractivity contribution in [2.75, 3.05) is 0 Å². The molecule has 1 atom stereocenters. The van der Waals surface area contributed by atoms with E-state index >= 15 is 0 Å². The molecule has 0 spiro atoms. The van der Waals surface area contributed by atoms with Crippen molar-refractivity contribution in [3.05, 3.63) is 67.5 Å². The number of fused-ring (bicyclic) bond motifs is 1. The fraction of sp³-hybridized carbons (Fsp3) is 0.368. The van der Waals surface area contributed by atoms with E-state index in [0.717, 1.165) is 29.3 Å². The molecule has 24 heavy (non-hydrogen) atoms. The maximum absolute atomic E-state index is 12.9. The molecule has 0 saturated carbocycles. The van der Waals surface area contributed by atoms with Crippen LogP contribution in [0.3, 0.4) is 0 Å². The smallest absolute Gasteiger partial charge is 0.337 e. The second kappa shape index (κ2) is 6.93. The Morgan fingerprint density at radius 1 is 1.38 bits per heavy atom. The monoisotopic (exact) mass is 389 g/mol. The Morgan fingerprint density at radius 3 is 2.83 bits per heavy atom. The predicted octanol–water partition coefficient (Wildman–Crippen LogP) is 4.19. The molecule has 1 unspecified atom stereocenters. The number of carbonyl (C=O) groups is 1. The van der Waals surface area contributed by atoms with Gasteiger partial charge in [0, 0.05) is 28.7 Å². The summed E-state index contributed by atoms with van der Waals surface area (Å²) < 4.78 is 2.65. The van der Waals surface area contributed by atoms with E-state index in [0.29, 0.717) is 24.2 Å². The largest absolute Gasteiger partial charge is 0.478 e. The van der Waals surface area contributed by atoms with E-state index in [1.165, 1.54) is 0 Å². The lowest BCUT2D eigenvalue weighted by molar-refractivity contribution is 0.0692. The van der Waals surface area contributed by atoms with Gasteiger partial charge in [-0.2, -0.15) is 0 Å². The van der Waals surface area contributed by atoms with Crippen LogP contribution in [0.15, 0.2) is 39.6 Å². The summed E-state index contributed by atoms with van der Waals surface area (Å²) >= 11 is 3.43. The fourth-order valence-corrected chi connectivity index (χ4v) is 4.04. The molecule has 3 rings (SSSR count). The van der Waals surface area contributed by atoms with Crippen LogP contribution in [0.5, 0.6) is 0 Å². The molecule has 2 heterocycles. The molecule has 0 fully saturated rings. The minimum absolute atomic E-state index is 0.0480. The van der Waals surface area contributed by atoms with E-state index in [-0.39, 0.29) is 17.0 Å². The number of aromatic carboxylic acids is 1. The van der Waals surface area contributed by atoms with E-state index in [2.05, 4.69) is 15.9 Å². The molecule has 0 amide bonds. The van der Waals surface area contributed by atoms with Gasteiger partial charge >= 0.3 is 5.97 Å². The first-order valence-corrected chi connectivity index (χ1v) is 9.05. The zero-order chi connectivity index (χ0) is 17.3. The summed E-state index contributed by atoms with van der Waals surface area (Å²) in [5, 5.41) is 9.66. The van der Waals surface area contributed by atoms with E-state index in [9.17, 15) is 14.7 Å². The standard InChI is InChI=1S/C19H20BrNO3/c1-2-13-6-4-8-21-17(13)16(19(23)24)11-14(18(21)22)9-12-5-3-7-15(20)10-12/h3,5,7,10-11,13H,2,4,6,8-9H2,1H3,(H,23,24). The Bertz CT molecular complexity index is 841. The lowest BCUT2D eigenvalue weighted by Gasteiger charge is -2.28. The minimum Gasteiger partial charge on any atom is -0.478 e. The Balaban J connectivity index is 2.13. The minimum atomic E-state index is -0.949. The van der Waals surface area contributed by atoms with E-state index < -0.39 is 5.97 Å². The fourth-order valence-electron chi connectivity index (χ4n) is 3.60. The maximum Gasteiger partial charge on any atom is 0.337 e. The van der Waals surface area contributed by atoms with Gasteiger partial charge in [-0.25, -0.2) is 4.79 Å². The van der Waals surface area contributed by atoms with Crippen LogP contribution in [0.1, 0.15) is 59.3 Å². The van der Waals surface area contributed by atoms with Crippen LogP contribution in [0, 0.1) is 0 Å². The number of hydrogen-bond acceptors (Lipinski definition) is 2. The van der Waals surface area contributed by atoms with Crippen molar-refractivity contribution < 1.29 is 9.90 Å². The normalized spacial score (nSPS) is 16.7. The van der Waals surface area contributed by atoms with Gasteiger partial charge in [-0.3, -0.25) is 4.79 Å². The zero-order valence-electron chi connectivity index (χ0n) is 13.6. The van der Waals surface area contributed by atoms with Crippen LogP contribution >= 0.6 is 15.9 Å². The molecular weight excluding hydrogens is 370 g/mol. The topological polar surface area (TPSA) is 59.3 Å². The molecule has 5 heteroatoms. The van der Waals surface area contributed by atoms with Crippen molar-refractivity contribution >= 4 is 21.9 Å². The highest BCUT2D eigenvalue weighted by molar-refractivity contribution is 9.10. The van der Waals surface area contributed by atoms with Gasteiger partial charge < -0.3 is 9.67 Å². The summed E-state index contributed by atoms with van der Waals surface area (Å²) in [7, 11) is 0. The Labute approximate surface area is 149 Å². The van der Waals surface area contributed by atoms with Crippen molar-refractivity contribution in [1.29, 1.82) is 0 Å². The first kappa shape index (κ1) is 17.0. The lowest BCUT2D eigenvalue weighted by Crippen LogP contribution is -2.33. The third-order valence-electron chi connectivity index (χ3n) is 4.73. The number of halogens is 1. The molecule has 1 N–H and O–H groups in total. The molecule has 0 aliphatic carbocycles. The molecule has 1 aliphatic rings. The molecule has 0 bridgehead atoms. The summed E-state index contributed by atoms with van der Waals surface area (Å²) in [6.45, 7) is 2.66. The number of hydrogen-bond donors (Lipinski definition) is 1. The van der Waals surface area contributed by atoms with Gasteiger partial charge in [0.1, 0.15) is 0 Å². The first-order chi connectivity index (χ1) is 11.5. The number of nitrogens with zero attached hydrogens (tertiary/aromatic N) is 1. The second-order valence-corrected chi connectivity index (χ2v) is 7.20. The summed E-state index contributed by atoms with van der Waals surface area (Å²) in [4.78, 5) is 24.7. The molecule has 126 valence electrons. The summed E-state index contributed by atoms with van der Waals surface area (Å²) in [5.41, 5.74) is 2.48. The predicted molar refractivity (Wildman–Crippen MR) is 96.9 cm³/mol. The average Bonchev–Trinajstić information content (AvgIpc) is 2.56. The quantitative estimate of drug-likeness (QED) is 0.852. The molecule has 0 saturated heterocycles. The van der Waals surface area contributed by atoms with Crippen LogP contribution < -0.4 is 5.56 Å². The highest BCUT2D eigenvalue weighted by atomic mass is 79.9. The molecule has 0 radical (unpaired) electrons. The Morgan fingerprint density at radius 2 is 2.17 bits per heavy atom. The van der Waals surface area contributed by atoms with E-state index in [1.807, 2.05) is 31.2 Å². The van der Waals surface area contributed by atoms with Gasteiger partial charge in [0.2, 0.25) is 0 Å². The highest BCUT2D eigenvalue weighted by Gasteiger charge is 2.27. The van der Waals surface area contributed by atoms with Gasteiger partial charge in [0.15, 0.2) is 0 Å². The van der Waals surface area contributed by atoms with Crippen LogP contribution in [0.2, 0.25) is 0 Å². The molecule has 2 aromatic rings. The lowest BCUT2D eigenvalue weighted by atomic mass is 9.88. The van der Waals surface area contributed by atoms with Crippen LogP contribution in [-0.2, 0) is 13.0 Å². The van der Waals surface area contributed by atoms with Crippen molar-refractivity contribution in [3.8, 4) is 0 Å². The van der Waals surface area contributed by atoms with Crippen molar-refractivity contribution in [2.24, 2.45) is 0 Å².